The molecule has 0 saturated carbocycles. The molecule has 2 N–H and O–H groups in total. The maximum absolute atomic E-state index is 5.16. The van der Waals surface area contributed by atoms with Crippen molar-refractivity contribution in [2.45, 2.75) is 33.9 Å². The van der Waals surface area contributed by atoms with Crippen LogP contribution in [0.2, 0.25) is 0 Å². The standard InChI is InChI=1S/C14H19BrN4OS.HI/c1-4-16-14(17-6-12-5-11(15)8-21-12)18-7-13-9(2)19-20-10(13)3;/h5,8H,4,6-7H2,1-3H3,(H2,16,17,18);1H. The van der Waals surface area contributed by atoms with Crippen LogP contribution in [0.25, 0.3) is 0 Å². The molecule has 0 aliphatic rings. The van der Waals surface area contributed by atoms with Crippen LogP contribution in [0.1, 0.15) is 28.8 Å². The Morgan fingerprint density at radius 1 is 1.41 bits per heavy atom. The second-order valence-corrected chi connectivity index (χ2v) is 6.49. The minimum Gasteiger partial charge on any atom is -0.361 e. The molecule has 5 nitrogen and oxygen atoms in total. The first kappa shape index (κ1) is 19.4. The molecule has 2 aromatic heterocycles. The molecule has 22 heavy (non-hydrogen) atoms. The number of aliphatic imine (C=N–C) groups is 1. The van der Waals surface area contributed by atoms with E-state index in [1.807, 2.05) is 13.8 Å². The van der Waals surface area contributed by atoms with Crippen molar-refractivity contribution in [3.05, 3.63) is 37.8 Å². The Labute approximate surface area is 160 Å². The van der Waals surface area contributed by atoms with Gasteiger partial charge in [0.25, 0.3) is 0 Å². The van der Waals surface area contributed by atoms with Gasteiger partial charge in [0, 0.05) is 26.8 Å². The van der Waals surface area contributed by atoms with Crippen LogP contribution in [0, 0.1) is 13.8 Å². The molecular formula is C14H20BrIN4OS. The van der Waals surface area contributed by atoms with E-state index in [4.69, 9.17) is 4.52 Å². The molecule has 2 aromatic rings. The largest absolute Gasteiger partial charge is 0.361 e. The van der Waals surface area contributed by atoms with E-state index in [0.717, 1.165) is 40.5 Å². The average Bonchev–Trinajstić information content (AvgIpc) is 3.00. The topological polar surface area (TPSA) is 62.5 Å². The molecule has 0 aliphatic heterocycles. The first-order valence-electron chi connectivity index (χ1n) is 6.77. The van der Waals surface area contributed by atoms with E-state index in [9.17, 15) is 0 Å². The Morgan fingerprint density at radius 3 is 2.73 bits per heavy atom. The number of nitrogens with one attached hydrogen (secondary N) is 2. The molecule has 0 bridgehead atoms. The summed E-state index contributed by atoms with van der Waals surface area (Å²) in [6.07, 6.45) is 0. The van der Waals surface area contributed by atoms with E-state index in [2.05, 4.69) is 55.1 Å². The number of guanidine groups is 1. The predicted molar refractivity (Wildman–Crippen MR) is 105 cm³/mol. The van der Waals surface area contributed by atoms with Crippen molar-refractivity contribution in [2.24, 2.45) is 4.99 Å². The van der Waals surface area contributed by atoms with Gasteiger partial charge >= 0.3 is 0 Å². The number of rotatable bonds is 5. The molecule has 8 heteroatoms. The van der Waals surface area contributed by atoms with E-state index in [0.29, 0.717) is 6.54 Å². The van der Waals surface area contributed by atoms with Gasteiger partial charge in [-0.1, -0.05) is 5.16 Å². The van der Waals surface area contributed by atoms with Crippen molar-refractivity contribution in [3.8, 4) is 0 Å². The van der Waals surface area contributed by atoms with Gasteiger partial charge in [-0.3, -0.25) is 0 Å². The summed E-state index contributed by atoms with van der Waals surface area (Å²) in [7, 11) is 0. The number of aryl methyl sites for hydroxylation is 2. The summed E-state index contributed by atoms with van der Waals surface area (Å²) in [4.78, 5) is 5.84. The van der Waals surface area contributed by atoms with Gasteiger partial charge in [-0.25, -0.2) is 4.99 Å². The zero-order valence-electron chi connectivity index (χ0n) is 12.8. The van der Waals surface area contributed by atoms with E-state index in [1.54, 1.807) is 11.3 Å². The van der Waals surface area contributed by atoms with Crippen LogP contribution in [0.15, 0.2) is 25.4 Å². The van der Waals surface area contributed by atoms with Crippen molar-refractivity contribution in [2.75, 3.05) is 6.54 Å². The molecule has 0 aliphatic carbocycles. The molecular weight excluding hydrogens is 479 g/mol. The SMILES string of the molecule is CCNC(=NCc1c(C)noc1C)NCc1cc(Br)cs1.I. The molecule has 0 saturated heterocycles. The lowest BCUT2D eigenvalue weighted by molar-refractivity contribution is 0.392. The number of hydrogen-bond donors (Lipinski definition) is 2. The highest BCUT2D eigenvalue weighted by molar-refractivity contribution is 14.0. The Morgan fingerprint density at radius 2 is 2.18 bits per heavy atom. The maximum Gasteiger partial charge on any atom is 0.191 e. The fourth-order valence-electron chi connectivity index (χ4n) is 1.84. The van der Waals surface area contributed by atoms with Crippen LogP contribution >= 0.6 is 51.2 Å². The van der Waals surface area contributed by atoms with E-state index >= 15 is 0 Å². The third-order valence-corrected chi connectivity index (χ3v) is 4.67. The fourth-order valence-corrected chi connectivity index (χ4v) is 3.24. The molecule has 0 unspecified atom stereocenters. The highest BCUT2D eigenvalue weighted by Gasteiger charge is 2.08. The Balaban J connectivity index is 0.00000242. The summed E-state index contributed by atoms with van der Waals surface area (Å²) >= 11 is 5.18. The second-order valence-electron chi connectivity index (χ2n) is 4.58. The predicted octanol–water partition coefficient (Wildman–Crippen LogP) is 3.99. The molecule has 0 amide bonds. The van der Waals surface area contributed by atoms with Gasteiger partial charge in [0.15, 0.2) is 5.96 Å². The van der Waals surface area contributed by atoms with E-state index < -0.39 is 0 Å². The Hall–Kier alpha value is -0.610. The molecule has 0 atom stereocenters. The molecule has 0 spiro atoms. The highest BCUT2D eigenvalue weighted by Crippen LogP contribution is 2.19. The Kier molecular flexibility index (Phi) is 8.40. The quantitative estimate of drug-likeness (QED) is 0.371. The average molecular weight is 499 g/mol. The van der Waals surface area contributed by atoms with Crippen molar-refractivity contribution in [3.63, 3.8) is 0 Å². The van der Waals surface area contributed by atoms with Crippen molar-refractivity contribution >= 4 is 57.2 Å². The zero-order chi connectivity index (χ0) is 15.2. The first-order chi connectivity index (χ1) is 10.1. The van der Waals surface area contributed by atoms with Crippen molar-refractivity contribution in [1.82, 2.24) is 15.8 Å². The summed E-state index contributed by atoms with van der Waals surface area (Å²) in [6.45, 7) is 8.03. The zero-order valence-corrected chi connectivity index (χ0v) is 17.5. The summed E-state index contributed by atoms with van der Waals surface area (Å²) in [6, 6.07) is 2.11. The van der Waals surface area contributed by atoms with Crippen molar-refractivity contribution in [1.29, 1.82) is 0 Å². The lowest BCUT2D eigenvalue weighted by Gasteiger charge is -2.10. The van der Waals surface area contributed by atoms with Gasteiger partial charge in [-0.05, 0) is 42.8 Å². The summed E-state index contributed by atoms with van der Waals surface area (Å²) < 4.78 is 6.27. The van der Waals surface area contributed by atoms with Gasteiger partial charge in [-0.2, -0.15) is 0 Å². The summed E-state index contributed by atoms with van der Waals surface area (Å²) in [5.41, 5.74) is 1.94. The van der Waals surface area contributed by atoms with Crippen LogP contribution in [0.4, 0.5) is 0 Å². The lowest BCUT2D eigenvalue weighted by Crippen LogP contribution is -2.36. The van der Waals surface area contributed by atoms with Gasteiger partial charge < -0.3 is 15.2 Å². The molecule has 2 heterocycles. The van der Waals surface area contributed by atoms with Gasteiger partial charge in [0.2, 0.25) is 0 Å². The minimum atomic E-state index is 0. The number of nitrogens with zero attached hydrogens (tertiary/aromatic N) is 2. The number of hydrogen-bond acceptors (Lipinski definition) is 4. The molecule has 0 radical (unpaired) electrons. The number of thiophene rings is 1. The second kappa shape index (κ2) is 9.51. The first-order valence-corrected chi connectivity index (χ1v) is 8.44. The third kappa shape index (κ3) is 5.54. The normalized spacial score (nSPS) is 11.2. The van der Waals surface area contributed by atoms with Crippen LogP contribution in [-0.2, 0) is 13.1 Å². The van der Waals surface area contributed by atoms with Gasteiger partial charge in [0.05, 0.1) is 18.8 Å². The van der Waals surface area contributed by atoms with Crippen LogP contribution < -0.4 is 10.6 Å². The molecule has 2 rings (SSSR count). The van der Waals surface area contributed by atoms with Crippen molar-refractivity contribution < 1.29 is 4.52 Å². The summed E-state index contributed by atoms with van der Waals surface area (Å²) in [5, 5.41) is 12.6. The van der Waals surface area contributed by atoms with E-state index in [-0.39, 0.29) is 24.0 Å². The molecule has 0 fully saturated rings. The lowest BCUT2D eigenvalue weighted by atomic mass is 10.2. The van der Waals surface area contributed by atoms with Crippen LogP contribution in [0.3, 0.4) is 0 Å². The number of aromatic nitrogens is 1. The van der Waals surface area contributed by atoms with Gasteiger partial charge in [0.1, 0.15) is 5.76 Å². The monoisotopic (exact) mass is 498 g/mol. The van der Waals surface area contributed by atoms with Gasteiger partial charge in [-0.15, -0.1) is 35.3 Å². The number of halogens is 2. The fraction of sp³-hybridized carbons (Fsp3) is 0.429. The highest BCUT2D eigenvalue weighted by atomic mass is 127. The smallest absolute Gasteiger partial charge is 0.191 e. The Bertz CT molecular complexity index is 607. The minimum absolute atomic E-state index is 0. The third-order valence-electron chi connectivity index (χ3n) is 2.97. The van der Waals surface area contributed by atoms with Crippen LogP contribution in [-0.4, -0.2) is 17.7 Å². The summed E-state index contributed by atoms with van der Waals surface area (Å²) in [5.74, 6) is 1.62. The van der Waals surface area contributed by atoms with E-state index in [1.165, 1.54) is 4.88 Å². The molecule has 0 aromatic carbocycles. The van der Waals surface area contributed by atoms with Crippen LogP contribution in [0.5, 0.6) is 0 Å². The maximum atomic E-state index is 5.16. The molecule has 122 valence electrons.